The molecule has 0 aromatic carbocycles. The van der Waals surface area contributed by atoms with Crippen LogP contribution in [0.5, 0.6) is 0 Å². The highest BCUT2D eigenvalue weighted by atomic mass is 15.3. The molecular formula is C12H18N6. The van der Waals surface area contributed by atoms with Crippen LogP contribution in [-0.4, -0.2) is 24.7 Å². The monoisotopic (exact) mass is 246 g/mol. The lowest BCUT2D eigenvalue weighted by molar-refractivity contribution is 0.474. The first-order valence-electron chi connectivity index (χ1n) is 6.47. The molecule has 0 saturated heterocycles. The number of aromatic nitrogens is 5. The van der Waals surface area contributed by atoms with Gasteiger partial charge < -0.3 is 15.3 Å². The second kappa shape index (κ2) is 4.89. The molecule has 1 saturated carbocycles. The zero-order valence-corrected chi connectivity index (χ0v) is 10.3. The minimum atomic E-state index is -0.131. The zero-order chi connectivity index (χ0) is 12.4. The van der Waals surface area contributed by atoms with Crippen LogP contribution in [0, 0.1) is 0 Å². The standard InChI is InChI=1S/C12H18N6/c13-11(5-9-6-14-7-15-9)12-17-16-8-18(12)10-3-1-2-4-10/h6-8,10-11H,1-5,13H2,(H,14,15)/t11-/m0/s1. The average molecular weight is 246 g/mol. The van der Waals surface area contributed by atoms with E-state index < -0.39 is 0 Å². The molecule has 3 N–H and O–H groups in total. The molecule has 2 aromatic rings. The van der Waals surface area contributed by atoms with Crippen LogP contribution in [0.3, 0.4) is 0 Å². The van der Waals surface area contributed by atoms with Gasteiger partial charge in [0, 0.05) is 24.4 Å². The summed E-state index contributed by atoms with van der Waals surface area (Å²) in [4.78, 5) is 7.07. The summed E-state index contributed by atoms with van der Waals surface area (Å²) in [5.74, 6) is 0.886. The Balaban J connectivity index is 1.77. The predicted molar refractivity (Wildman–Crippen MR) is 66.7 cm³/mol. The zero-order valence-electron chi connectivity index (χ0n) is 10.3. The lowest BCUT2D eigenvalue weighted by Gasteiger charge is -2.17. The molecule has 1 fully saturated rings. The molecule has 18 heavy (non-hydrogen) atoms. The number of nitrogens with one attached hydrogen (secondary N) is 1. The van der Waals surface area contributed by atoms with Gasteiger partial charge in [-0.25, -0.2) is 4.98 Å². The molecule has 6 heteroatoms. The van der Waals surface area contributed by atoms with Gasteiger partial charge in [0.05, 0.1) is 12.4 Å². The Morgan fingerprint density at radius 2 is 2.28 bits per heavy atom. The van der Waals surface area contributed by atoms with Gasteiger partial charge in [-0.3, -0.25) is 0 Å². The Labute approximate surface area is 106 Å². The summed E-state index contributed by atoms with van der Waals surface area (Å²) in [5.41, 5.74) is 7.26. The van der Waals surface area contributed by atoms with Gasteiger partial charge in [-0.1, -0.05) is 12.8 Å². The number of imidazole rings is 1. The van der Waals surface area contributed by atoms with Crippen molar-refractivity contribution >= 4 is 0 Å². The molecule has 0 bridgehead atoms. The van der Waals surface area contributed by atoms with E-state index in [0.29, 0.717) is 12.5 Å². The highest BCUT2D eigenvalue weighted by Gasteiger charge is 2.23. The van der Waals surface area contributed by atoms with E-state index in [1.54, 1.807) is 12.5 Å². The number of rotatable bonds is 4. The van der Waals surface area contributed by atoms with Gasteiger partial charge in [0.15, 0.2) is 0 Å². The van der Waals surface area contributed by atoms with Crippen molar-refractivity contribution < 1.29 is 0 Å². The summed E-state index contributed by atoms with van der Waals surface area (Å²) < 4.78 is 2.16. The summed E-state index contributed by atoms with van der Waals surface area (Å²) in [7, 11) is 0. The second-order valence-electron chi connectivity index (χ2n) is 4.92. The van der Waals surface area contributed by atoms with Gasteiger partial charge in [-0.05, 0) is 12.8 Å². The third-order valence-electron chi connectivity index (χ3n) is 3.65. The van der Waals surface area contributed by atoms with Crippen LogP contribution in [0.4, 0.5) is 0 Å². The number of hydrogen-bond donors (Lipinski definition) is 2. The lowest BCUT2D eigenvalue weighted by Crippen LogP contribution is -2.20. The maximum atomic E-state index is 6.23. The molecule has 0 aliphatic heterocycles. The quantitative estimate of drug-likeness (QED) is 0.853. The molecule has 2 heterocycles. The fraction of sp³-hybridized carbons (Fsp3) is 0.583. The van der Waals surface area contributed by atoms with Crippen LogP contribution in [-0.2, 0) is 6.42 Å². The van der Waals surface area contributed by atoms with Gasteiger partial charge >= 0.3 is 0 Å². The van der Waals surface area contributed by atoms with E-state index in [9.17, 15) is 0 Å². The van der Waals surface area contributed by atoms with Crippen molar-refractivity contribution in [2.45, 2.75) is 44.2 Å². The minimum absolute atomic E-state index is 0.131. The predicted octanol–water partition coefficient (Wildman–Crippen LogP) is 1.36. The first-order chi connectivity index (χ1) is 8.84. The van der Waals surface area contributed by atoms with Crippen LogP contribution in [0.25, 0.3) is 0 Å². The van der Waals surface area contributed by atoms with Crippen LogP contribution in [0.15, 0.2) is 18.9 Å². The molecule has 1 atom stereocenters. The number of nitrogens with two attached hydrogens (primary N) is 1. The summed E-state index contributed by atoms with van der Waals surface area (Å²) in [6.07, 6.45) is 11.0. The number of aromatic amines is 1. The fourth-order valence-electron chi connectivity index (χ4n) is 2.71. The summed E-state index contributed by atoms with van der Waals surface area (Å²) >= 11 is 0. The first-order valence-corrected chi connectivity index (χ1v) is 6.47. The molecule has 6 nitrogen and oxygen atoms in total. The van der Waals surface area contributed by atoms with Gasteiger partial charge in [0.1, 0.15) is 12.2 Å². The van der Waals surface area contributed by atoms with Gasteiger partial charge in [-0.2, -0.15) is 0 Å². The van der Waals surface area contributed by atoms with Crippen LogP contribution in [0.1, 0.15) is 49.3 Å². The van der Waals surface area contributed by atoms with Crippen molar-refractivity contribution in [3.05, 3.63) is 30.4 Å². The maximum Gasteiger partial charge on any atom is 0.150 e. The molecule has 1 aliphatic rings. The Kier molecular flexibility index (Phi) is 3.10. The van der Waals surface area contributed by atoms with E-state index in [1.165, 1.54) is 25.7 Å². The second-order valence-corrected chi connectivity index (χ2v) is 4.92. The number of nitrogens with zero attached hydrogens (tertiary/aromatic N) is 4. The van der Waals surface area contributed by atoms with Crippen molar-refractivity contribution in [2.75, 3.05) is 0 Å². The molecule has 0 amide bonds. The molecular weight excluding hydrogens is 228 g/mol. The van der Waals surface area contributed by atoms with Crippen molar-refractivity contribution in [3.63, 3.8) is 0 Å². The van der Waals surface area contributed by atoms with Crippen LogP contribution >= 0.6 is 0 Å². The van der Waals surface area contributed by atoms with Crippen molar-refractivity contribution in [2.24, 2.45) is 5.73 Å². The van der Waals surface area contributed by atoms with Crippen molar-refractivity contribution in [3.8, 4) is 0 Å². The Morgan fingerprint density at radius 3 is 3.00 bits per heavy atom. The van der Waals surface area contributed by atoms with Gasteiger partial charge in [0.25, 0.3) is 0 Å². The van der Waals surface area contributed by atoms with Crippen LogP contribution in [0.2, 0.25) is 0 Å². The smallest absolute Gasteiger partial charge is 0.150 e. The number of H-pyrrole nitrogens is 1. The van der Waals surface area contributed by atoms with E-state index >= 15 is 0 Å². The Bertz CT molecular complexity index is 482. The normalized spacial score (nSPS) is 18.3. The highest BCUT2D eigenvalue weighted by Crippen LogP contribution is 2.31. The first kappa shape index (κ1) is 11.4. The lowest BCUT2D eigenvalue weighted by atomic mass is 10.1. The van der Waals surface area contributed by atoms with Crippen molar-refractivity contribution in [1.29, 1.82) is 0 Å². The largest absolute Gasteiger partial charge is 0.348 e. The summed E-state index contributed by atoms with van der Waals surface area (Å²) in [6.45, 7) is 0. The molecule has 0 radical (unpaired) electrons. The summed E-state index contributed by atoms with van der Waals surface area (Å²) in [6, 6.07) is 0.399. The average Bonchev–Trinajstić information content (AvgIpc) is 3.11. The molecule has 96 valence electrons. The maximum absolute atomic E-state index is 6.23. The topological polar surface area (TPSA) is 85.4 Å². The third-order valence-corrected chi connectivity index (χ3v) is 3.65. The molecule has 0 spiro atoms. The summed E-state index contributed by atoms with van der Waals surface area (Å²) in [5, 5.41) is 8.22. The molecule has 3 rings (SSSR count). The minimum Gasteiger partial charge on any atom is -0.348 e. The van der Waals surface area contributed by atoms with Gasteiger partial charge in [-0.15, -0.1) is 10.2 Å². The van der Waals surface area contributed by atoms with Gasteiger partial charge in [0.2, 0.25) is 0 Å². The SMILES string of the molecule is N[C@@H](Cc1cnc[nH]1)c1nncn1C1CCCC1. The fourth-order valence-corrected chi connectivity index (χ4v) is 2.71. The van der Waals surface area contributed by atoms with E-state index in [1.807, 2.05) is 6.33 Å². The van der Waals surface area contributed by atoms with E-state index in [4.69, 9.17) is 5.73 Å². The third kappa shape index (κ3) is 2.15. The van der Waals surface area contributed by atoms with Crippen molar-refractivity contribution in [1.82, 2.24) is 24.7 Å². The molecule has 1 aliphatic carbocycles. The highest BCUT2D eigenvalue weighted by molar-refractivity contribution is 5.04. The van der Waals surface area contributed by atoms with Crippen LogP contribution < -0.4 is 5.73 Å². The number of hydrogen-bond acceptors (Lipinski definition) is 4. The molecule has 2 aromatic heterocycles. The molecule has 0 unspecified atom stereocenters. The van der Waals surface area contributed by atoms with E-state index in [0.717, 1.165) is 11.5 Å². The van der Waals surface area contributed by atoms with E-state index in [2.05, 4.69) is 24.7 Å². The Morgan fingerprint density at radius 1 is 1.44 bits per heavy atom. The Hall–Kier alpha value is -1.69. The van der Waals surface area contributed by atoms with E-state index in [-0.39, 0.29) is 6.04 Å².